The van der Waals surface area contributed by atoms with Gasteiger partial charge in [0.2, 0.25) is 11.8 Å². The molecule has 0 unspecified atom stereocenters. The lowest BCUT2D eigenvalue weighted by atomic mass is 10.0. The highest BCUT2D eigenvalue weighted by atomic mass is 32.2. The fourth-order valence-corrected chi connectivity index (χ4v) is 5.77. The van der Waals surface area contributed by atoms with E-state index in [9.17, 15) is 28.1 Å². The van der Waals surface area contributed by atoms with Gasteiger partial charge in [0.15, 0.2) is 0 Å². The standard InChI is InChI=1S/C30H36N4O6S/c1-6-27(29(36)31-30(3,4)5)32(20-23-13-11-10-12-22(23)2)28(35)21-33(24-16-18-25(19-17-24)34(37)38)41(39,40)26-14-8-7-9-15-26/h7-19,27H,6,20-21H2,1-5H3,(H,31,36)/t27-/m0/s1. The summed E-state index contributed by atoms with van der Waals surface area (Å²) in [6, 6.07) is 19.2. The summed E-state index contributed by atoms with van der Waals surface area (Å²) in [5.74, 6) is -0.947. The smallest absolute Gasteiger partial charge is 0.269 e. The monoisotopic (exact) mass is 580 g/mol. The number of nitro benzene ring substituents is 1. The molecule has 0 radical (unpaired) electrons. The molecule has 3 aromatic carbocycles. The molecule has 41 heavy (non-hydrogen) atoms. The highest BCUT2D eigenvalue weighted by molar-refractivity contribution is 7.92. The summed E-state index contributed by atoms with van der Waals surface area (Å²) in [6.45, 7) is 8.67. The van der Waals surface area contributed by atoms with E-state index in [0.29, 0.717) is 6.42 Å². The molecule has 0 bridgehead atoms. The van der Waals surface area contributed by atoms with Crippen LogP contribution >= 0.6 is 0 Å². The molecule has 218 valence electrons. The van der Waals surface area contributed by atoms with E-state index < -0.39 is 39.0 Å². The Morgan fingerprint density at radius 1 is 0.951 bits per heavy atom. The van der Waals surface area contributed by atoms with Crippen molar-refractivity contribution in [1.29, 1.82) is 0 Å². The highest BCUT2D eigenvalue weighted by Crippen LogP contribution is 2.27. The minimum atomic E-state index is -4.26. The predicted molar refractivity (Wildman–Crippen MR) is 158 cm³/mol. The zero-order valence-electron chi connectivity index (χ0n) is 23.9. The number of carbonyl (C=O) groups excluding carboxylic acids is 2. The average Bonchev–Trinajstić information content (AvgIpc) is 2.92. The van der Waals surface area contributed by atoms with Crippen LogP contribution in [-0.4, -0.2) is 48.2 Å². The molecule has 1 atom stereocenters. The van der Waals surface area contributed by atoms with E-state index in [-0.39, 0.29) is 28.7 Å². The Hall–Kier alpha value is -4.25. The number of hydrogen-bond donors (Lipinski definition) is 1. The van der Waals surface area contributed by atoms with Crippen LogP contribution in [0.3, 0.4) is 0 Å². The van der Waals surface area contributed by atoms with Crippen LogP contribution < -0.4 is 9.62 Å². The van der Waals surface area contributed by atoms with Gasteiger partial charge in [0, 0.05) is 24.2 Å². The van der Waals surface area contributed by atoms with Crippen molar-refractivity contribution in [2.45, 2.75) is 64.1 Å². The molecule has 1 N–H and O–H groups in total. The van der Waals surface area contributed by atoms with E-state index in [0.717, 1.165) is 15.4 Å². The molecule has 0 fully saturated rings. The van der Waals surface area contributed by atoms with Gasteiger partial charge in [0.1, 0.15) is 12.6 Å². The number of nitrogens with one attached hydrogen (secondary N) is 1. The number of rotatable bonds is 11. The summed E-state index contributed by atoms with van der Waals surface area (Å²) >= 11 is 0. The van der Waals surface area contributed by atoms with Crippen molar-refractivity contribution < 1.29 is 22.9 Å². The number of sulfonamides is 1. The van der Waals surface area contributed by atoms with Crippen molar-refractivity contribution in [3.8, 4) is 0 Å². The second-order valence-electron chi connectivity index (χ2n) is 10.7. The van der Waals surface area contributed by atoms with Gasteiger partial charge in [-0.05, 0) is 69.5 Å². The first-order valence-corrected chi connectivity index (χ1v) is 14.7. The number of non-ortho nitro benzene ring substituents is 1. The van der Waals surface area contributed by atoms with E-state index in [1.165, 1.54) is 41.3 Å². The fourth-order valence-electron chi connectivity index (χ4n) is 4.33. The normalized spacial score (nSPS) is 12.3. The molecule has 3 aromatic rings. The summed E-state index contributed by atoms with van der Waals surface area (Å²) in [5.41, 5.74) is 1.04. The van der Waals surface area contributed by atoms with Crippen molar-refractivity contribution in [3.05, 3.63) is 100 Å². The van der Waals surface area contributed by atoms with Gasteiger partial charge in [-0.1, -0.05) is 49.4 Å². The molecule has 0 saturated heterocycles. The van der Waals surface area contributed by atoms with Crippen LogP contribution in [0, 0.1) is 17.0 Å². The third-order valence-corrected chi connectivity index (χ3v) is 8.23. The Morgan fingerprint density at radius 3 is 2.07 bits per heavy atom. The number of hydrogen-bond acceptors (Lipinski definition) is 6. The van der Waals surface area contributed by atoms with Crippen molar-refractivity contribution in [1.82, 2.24) is 10.2 Å². The van der Waals surface area contributed by atoms with Crippen molar-refractivity contribution in [3.63, 3.8) is 0 Å². The van der Waals surface area contributed by atoms with Gasteiger partial charge in [0.05, 0.1) is 15.5 Å². The van der Waals surface area contributed by atoms with Crippen LogP contribution in [0.1, 0.15) is 45.2 Å². The third-order valence-electron chi connectivity index (χ3n) is 6.44. The molecular formula is C30H36N4O6S. The molecule has 0 heterocycles. The van der Waals surface area contributed by atoms with Gasteiger partial charge in [-0.3, -0.25) is 24.0 Å². The molecule has 2 amide bonds. The molecule has 11 heteroatoms. The van der Waals surface area contributed by atoms with Gasteiger partial charge in [-0.2, -0.15) is 0 Å². The van der Waals surface area contributed by atoms with Crippen LogP contribution in [0.2, 0.25) is 0 Å². The van der Waals surface area contributed by atoms with Crippen LogP contribution in [0.15, 0.2) is 83.8 Å². The molecule has 10 nitrogen and oxygen atoms in total. The second-order valence-corrected chi connectivity index (χ2v) is 12.6. The summed E-state index contributed by atoms with van der Waals surface area (Å²) < 4.78 is 28.6. The fraction of sp³-hybridized carbons (Fsp3) is 0.333. The van der Waals surface area contributed by atoms with E-state index in [1.54, 1.807) is 25.1 Å². The van der Waals surface area contributed by atoms with Gasteiger partial charge >= 0.3 is 0 Å². The highest BCUT2D eigenvalue weighted by Gasteiger charge is 2.34. The molecule has 0 saturated carbocycles. The zero-order valence-corrected chi connectivity index (χ0v) is 24.7. The van der Waals surface area contributed by atoms with Gasteiger partial charge < -0.3 is 10.2 Å². The summed E-state index contributed by atoms with van der Waals surface area (Å²) in [5, 5.41) is 14.1. The lowest BCUT2D eigenvalue weighted by Crippen LogP contribution is -2.55. The SMILES string of the molecule is CC[C@@H](C(=O)NC(C)(C)C)N(Cc1ccccc1C)C(=O)CN(c1ccc([N+](=O)[O-])cc1)S(=O)(=O)c1ccccc1. The van der Waals surface area contributed by atoms with E-state index >= 15 is 0 Å². The molecular weight excluding hydrogens is 544 g/mol. The Morgan fingerprint density at radius 2 is 1.54 bits per heavy atom. The Kier molecular flexibility index (Phi) is 9.88. The summed E-state index contributed by atoms with van der Waals surface area (Å²) in [4.78, 5) is 39.5. The molecule has 0 aliphatic heterocycles. The maximum Gasteiger partial charge on any atom is 0.269 e. The lowest BCUT2D eigenvalue weighted by molar-refractivity contribution is -0.384. The quantitative estimate of drug-likeness (QED) is 0.256. The van der Waals surface area contributed by atoms with E-state index in [2.05, 4.69) is 5.32 Å². The second kappa shape index (κ2) is 12.9. The number of nitrogens with zero attached hydrogens (tertiary/aromatic N) is 3. The minimum absolute atomic E-state index is 0.0471. The first-order valence-electron chi connectivity index (χ1n) is 13.2. The van der Waals surface area contributed by atoms with E-state index in [1.807, 2.05) is 52.0 Å². The van der Waals surface area contributed by atoms with Crippen LogP contribution in [0.5, 0.6) is 0 Å². The predicted octanol–water partition coefficient (Wildman–Crippen LogP) is 4.82. The van der Waals surface area contributed by atoms with Crippen LogP contribution in [0.25, 0.3) is 0 Å². The molecule has 0 aliphatic rings. The van der Waals surface area contributed by atoms with Crippen molar-refractivity contribution >= 4 is 33.2 Å². The van der Waals surface area contributed by atoms with Gasteiger partial charge in [-0.25, -0.2) is 8.42 Å². The summed E-state index contributed by atoms with van der Waals surface area (Å²) in [6.07, 6.45) is 0.294. The number of amides is 2. The third kappa shape index (κ3) is 7.91. The molecule has 0 aliphatic carbocycles. The topological polar surface area (TPSA) is 130 Å². The number of anilines is 1. The first-order chi connectivity index (χ1) is 19.2. The Bertz CT molecular complexity index is 1490. The molecule has 0 aromatic heterocycles. The van der Waals surface area contributed by atoms with Crippen molar-refractivity contribution in [2.75, 3.05) is 10.8 Å². The summed E-state index contributed by atoms with van der Waals surface area (Å²) in [7, 11) is -4.26. The number of carbonyl (C=O) groups is 2. The average molecular weight is 581 g/mol. The maximum absolute atomic E-state index is 14.1. The van der Waals surface area contributed by atoms with Crippen LogP contribution in [0.4, 0.5) is 11.4 Å². The van der Waals surface area contributed by atoms with E-state index in [4.69, 9.17) is 0 Å². The first kappa shape index (κ1) is 31.3. The largest absolute Gasteiger partial charge is 0.350 e. The Balaban J connectivity index is 2.09. The van der Waals surface area contributed by atoms with Crippen molar-refractivity contribution in [2.24, 2.45) is 0 Å². The Labute approximate surface area is 241 Å². The van der Waals surface area contributed by atoms with Crippen LogP contribution in [-0.2, 0) is 26.2 Å². The number of benzene rings is 3. The zero-order chi connectivity index (χ0) is 30.4. The number of aryl methyl sites for hydroxylation is 1. The van der Waals surface area contributed by atoms with Gasteiger partial charge in [0.25, 0.3) is 15.7 Å². The molecule has 0 spiro atoms. The maximum atomic E-state index is 14.1. The number of nitro groups is 1. The van der Waals surface area contributed by atoms with Gasteiger partial charge in [-0.15, -0.1) is 0 Å². The lowest BCUT2D eigenvalue weighted by Gasteiger charge is -2.35. The minimum Gasteiger partial charge on any atom is -0.350 e. The molecule has 3 rings (SSSR count).